The highest BCUT2D eigenvalue weighted by Gasteiger charge is 2.22. The third-order valence-corrected chi connectivity index (χ3v) is 6.75. The summed E-state index contributed by atoms with van der Waals surface area (Å²) in [5.74, 6) is 2.25. The molecule has 180 valence electrons. The topological polar surface area (TPSA) is 64.5 Å². The van der Waals surface area contributed by atoms with Gasteiger partial charge < -0.3 is 14.6 Å². The lowest BCUT2D eigenvalue weighted by atomic mass is 9.80. The van der Waals surface area contributed by atoms with Crippen molar-refractivity contribution in [2.75, 3.05) is 13.7 Å². The molecule has 6 heteroatoms. The number of aliphatic hydroxyl groups is 1. The molecule has 0 radical (unpaired) electrons. The second kappa shape index (κ2) is 11.0. The van der Waals surface area contributed by atoms with Gasteiger partial charge >= 0.3 is 0 Å². The summed E-state index contributed by atoms with van der Waals surface area (Å²) >= 11 is 0. The third-order valence-electron chi connectivity index (χ3n) is 6.75. The van der Waals surface area contributed by atoms with Crippen LogP contribution in [0.25, 0.3) is 16.6 Å². The van der Waals surface area contributed by atoms with Gasteiger partial charge in [0.2, 0.25) is 5.88 Å². The van der Waals surface area contributed by atoms with Crippen molar-refractivity contribution in [3.8, 4) is 11.6 Å². The Bertz CT molecular complexity index is 1170. The number of hydrogen-bond acceptors (Lipinski definition) is 5. The normalized spacial score (nSPS) is 19.2. The molecule has 0 aliphatic heterocycles. The second-order valence-corrected chi connectivity index (χ2v) is 9.30. The van der Waals surface area contributed by atoms with E-state index in [1.807, 2.05) is 18.2 Å². The average Bonchev–Trinajstić information content (AvgIpc) is 2.84. The van der Waals surface area contributed by atoms with Crippen LogP contribution in [0.15, 0.2) is 48.4 Å². The van der Waals surface area contributed by atoms with E-state index in [0.29, 0.717) is 47.4 Å². The number of allylic oxidation sites excluding steroid dienone is 1. The van der Waals surface area contributed by atoms with Crippen molar-refractivity contribution in [2.24, 2.45) is 11.8 Å². The van der Waals surface area contributed by atoms with Crippen molar-refractivity contribution in [2.45, 2.75) is 52.4 Å². The van der Waals surface area contributed by atoms with Gasteiger partial charge in [0.15, 0.2) is 0 Å². The first-order valence-corrected chi connectivity index (χ1v) is 12.1. The van der Waals surface area contributed by atoms with Crippen LogP contribution in [-0.4, -0.2) is 28.8 Å². The van der Waals surface area contributed by atoms with E-state index < -0.39 is 0 Å². The Balaban J connectivity index is 1.62. The summed E-state index contributed by atoms with van der Waals surface area (Å²) in [6.45, 7) is 4.73. The monoisotopic (exact) mass is 464 g/mol. The Kier molecular flexibility index (Phi) is 7.78. The minimum Gasteiger partial charge on any atom is -0.512 e. The fraction of sp³-hybridized carbons (Fsp3) is 0.429. The molecule has 3 aromatic rings. The number of aryl methyl sites for hydroxylation is 1. The summed E-state index contributed by atoms with van der Waals surface area (Å²) in [6.07, 6.45) is 7.73. The predicted molar refractivity (Wildman–Crippen MR) is 133 cm³/mol. The second-order valence-electron chi connectivity index (χ2n) is 9.30. The molecule has 1 fully saturated rings. The van der Waals surface area contributed by atoms with Gasteiger partial charge in [-0.15, -0.1) is 0 Å². The van der Waals surface area contributed by atoms with Crippen molar-refractivity contribution in [3.63, 3.8) is 0 Å². The van der Waals surface area contributed by atoms with Gasteiger partial charge in [0.25, 0.3) is 0 Å². The number of aromatic nitrogens is 2. The van der Waals surface area contributed by atoms with E-state index in [1.54, 1.807) is 13.2 Å². The predicted octanol–water partition coefficient (Wildman–Crippen LogP) is 7.26. The van der Waals surface area contributed by atoms with E-state index in [4.69, 9.17) is 9.47 Å². The Morgan fingerprint density at radius 1 is 1.09 bits per heavy atom. The lowest BCUT2D eigenvalue weighted by molar-refractivity contribution is 0.230. The van der Waals surface area contributed by atoms with Crippen LogP contribution in [0.2, 0.25) is 0 Å². The number of methoxy groups -OCH3 is 1. The van der Waals surface area contributed by atoms with Crippen LogP contribution in [0.3, 0.4) is 0 Å². The standard InChI is InChI=1S/C28H33FN2O3/c1-4-20-9-11-22(34-28-16-30-26-14-21(29)10-12-25(26)31-28)15-23(20)24(17-33-3)27(32)13-19-7-5-18(2)6-8-19/h9-12,14-16,18-19,32H,4-8,13,17H2,1-3H3/b27-24-. The van der Waals surface area contributed by atoms with Crippen LogP contribution >= 0.6 is 0 Å². The number of nitrogens with zero attached hydrogens (tertiary/aromatic N) is 2. The minimum absolute atomic E-state index is 0.326. The van der Waals surface area contributed by atoms with Gasteiger partial charge in [0.1, 0.15) is 11.6 Å². The first kappa shape index (κ1) is 24.1. The molecular formula is C28H33FN2O3. The molecule has 1 saturated carbocycles. The quantitative estimate of drug-likeness (QED) is 0.356. The first-order chi connectivity index (χ1) is 16.5. The Hall–Kier alpha value is -2.99. The molecule has 1 heterocycles. The number of rotatable bonds is 8. The SMILES string of the molecule is CCc1ccc(Oc2cnc3cc(F)ccc3n2)cc1/C(COC)=C(\O)CC1CCC(C)CC1. The Morgan fingerprint density at radius 2 is 1.88 bits per heavy atom. The highest BCUT2D eigenvalue weighted by atomic mass is 19.1. The van der Waals surface area contributed by atoms with E-state index in [0.717, 1.165) is 41.9 Å². The smallest absolute Gasteiger partial charge is 0.238 e. The molecule has 0 amide bonds. The van der Waals surface area contributed by atoms with E-state index >= 15 is 0 Å². The zero-order valence-electron chi connectivity index (χ0n) is 20.2. The maximum absolute atomic E-state index is 13.4. The van der Waals surface area contributed by atoms with E-state index in [-0.39, 0.29) is 5.82 Å². The number of fused-ring (bicyclic) bond motifs is 1. The number of halogens is 1. The lowest BCUT2D eigenvalue weighted by Gasteiger charge is -2.26. The van der Waals surface area contributed by atoms with Gasteiger partial charge in [-0.25, -0.2) is 14.4 Å². The van der Waals surface area contributed by atoms with Crippen LogP contribution in [0.1, 0.15) is 57.1 Å². The highest BCUT2D eigenvalue weighted by Crippen LogP contribution is 2.35. The van der Waals surface area contributed by atoms with E-state index in [9.17, 15) is 9.50 Å². The molecule has 5 nitrogen and oxygen atoms in total. The molecule has 4 rings (SSSR count). The van der Waals surface area contributed by atoms with Gasteiger partial charge in [-0.3, -0.25) is 0 Å². The minimum atomic E-state index is -0.352. The summed E-state index contributed by atoms with van der Waals surface area (Å²) < 4.78 is 24.9. The van der Waals surface area contributed by atoms with Gasteiger partial charge in [-0.2, -0.15) is 0 Å². The van der Waals surface area contributed by atoms with Gasteiger partial charge in [-0.05, 0) is 66.5 Å². The molecule has 2 aromatic carbocycles. The fourth-order valence-electron chi connectivity index (χ4n) is 4.74. The van der Waals surface area contributed by atoms with Crippen LogP contribution < -0.4 is 4.74 Å². The zero-order chi connectivity index (χ0) is 24.1. The molecule has 34 heavy (non-hydrogen) atoms. The Labute approximate surface area is 200 Å². The zero-order valence-corrected chi connectivity index (χ0v) is 20.2. The number of aliphatic hydroxyl groups excluding tert-OH is 1. The summed E-state index contributed by atoms with van der Waals surface area (Å²) in [6, 6.07) is 10.1. The van der Waals surface area contributed by atoms with Crippen molar-refractivity contribution in [3.05, 3.63) is 65.3 Å². The van der Waals surface area contributed by atoms with E-state index in [1.165, 1.54) is 31.2 Å². The number of ether oxygens (including phenoxy) is 2. The fourth-order valence-corrected chi connectivity index (χ4v) is 4.74. The van der Waals surface area contributed by atoms with Crippen molar-refractivity contribution in [1.82, 2.24) is 9.97 Å². The van der Waals surface area contributed by atoms with Crippen LogP contribution in [0.5, 0.6) is 11.6 Å². The van der Waals surface area contributed by atoms with Crippen molar-refractivity contribution in [1.29, 1.82) is 0 Å². The molecule has 1 aliphatic carbocycles. The summed E-state index contributed by atoms with van der Waals surface area (Å²) in [4.78, 5) is 8.71. The van der Waals surface area contributed by atoms with Crippen molar-refractivity contribution < 1.29 is 19.0 Å². The maximum atomic E-state index is 13.4. The highest BCUT2D eigenvalue weighted by molar-refractivity contribution is 5.74. The molecule has 1 aliphatic rings. The third kappa shape index (κ3) is 5.73. The number of hydrogen-bond donors (Lipinski definition) is 1. The van der Waals surface area contributed by atoms with Crippen LogP contribution in [0, 0.1) is 17.7 Å². The van der Waals surface area contributed by atoms with Gasteiger partial charge in [-0.1, -0.05) is 32.8 Å². The first-order valence-electron chi connectivity index (χ1n) is 12.1. The van der Waals surface area contributed by atoms with Crippen molar-refractivity contribution >= 4 is 16.6 Å². The Morgan fingerprint density at radius 3 is 2.62 bits per heavy atom. The molecule has 0 atom stereocenters. The van der Waals surface area contributed by atoms with Gasteiger partial charge in [0.05, 0.1) is 29.6 Å². The van der Waals surface area contributed by atoms with Crippen LogP contribution in [0.4, 0.5) is 4.39 Å². The largest absolute Gasteiger partial charge is 0.512 e. The van der Waals surface area contributed by atoms with E-state index in [2.05, 4.69) is 23.8 Å². The maximum Gasteiger partial charge on any atom is 0.238 e. The molecule has 0 bridgehead atoms. The molecule has 1 N–H and O–H groups in total. The lowest BCUT2D eigenvalue weighted by Crippen LogP contribution is -2.14. The molecule has 1 aromatic heterocycles. The average molecular weight is 465 g/mol. The van der Waals surface area contributed by atoms with Crippen LogP contribution in [-0.2, 0) is 11.2 Å². The molecular weight excluding hydrogens is 431 g/mol. The molecule has 0 spiro atoms. The molecule has 0 unspecified atom stereocenters. The van der Waals surface area contributed by atoms with Gasteiger partial charge in [0, 0.05) is 25.2 Å². The summed E-state index contributed by atoms with van der Waals surface area (Å²) in [7, 11) is 1.65. The summed E-state index contributed by atoms with van der Waals surface area (Å²) in [5.41, 5.74) is 3.89. The summed E-state index contributed by atoms with van der Waals surface area (Å²) in [5, 5.41) is 11.2. The number of benzene rings is 2. The molecule has 0 saturated heterocycles.